The second-order valence-electron chi connectivity index (χ2n) is 3.38. The monoisotopic (exact) mass is 203 g/mol. The molecule has 78 valence electrons. The number of nitrogens with zero attached hydrogens (tertiary/aromatic N) is 2. The van der Waals surface area contributed by atoms with Crippen molar-refractivity contribution in [2.45, 2.75) is 13.5 Å². The number of rotatable bonds is 2. The Morgan fingerprint density at radius 1 is 1.40 bits per heavy atom. The van der Waals surface area contributed by atoms with E-state index in [4.69, 9.17) is 5.73 Å². The number of benzene rings is 1. The van der Waals surface area contributed by atoms with Crippen molar-refractivity contribution in [1.82, 2.24) is 9.78 Å². The molecule has 4 heteroatoms. The number of phenolic OH excluding ortho intramolecular Hbond substituents is 1. The van der Waals surface area contributed by atoms with Gasteiger partial charge in [-0.2, -0.15) is 5.10 Å². The van der Waals surface area contributed by atoms with Gasteiger partial charge in [-0.1, -0.05) is 12.1 Å². The van der Waals surface area contributed by atoms with Crippen LogP contribution in [0.1, 0.15) is 11.4 Å². The number of para-hydroxylation sites is 2. The normalized spacial score (nSPS) is 10.5. The maximum absolute atomic E-state index is 9.68. The quantitative estimate of drug-likeness (QED) is 0.774. The number of aromatic nitrogens is 2. The Kier molecular flexibility index (Phi) is 2.43. The van der Waals surface area contributed by atoms with E-state index >= 15 is 0 Å². The third-order valence-electron chi connectivity index (χ3n) is 2.26. The molecule has 0 amide bonds. The Balaban J connectivity index is 2.54. The lowest BCUT2D eigenvalue weighted by Gasteiger charge is -2.05. The molecular formula is C11H13N3O. The van der Waals surface area contributed by atoms with Crippen LogP contribution >= 0.6 is 0 Å². The van der Waals surface area contributed by atoms with Gasteiger partial charge < -0.3 is 10.8 Å². The molecule has 1 aromatic heterocycles. The lowest BCUT2D eigenvalue weighted by Crippen LogP contribution is -2.01. The fraction of sp³-hybridized carbons (Fsp3) is 0.182. The Hall–Kier alpha value is -1.81. The van der Waals surface area contributed by atoms with Crippen molar-refractivity contribution in [1.29, 1.82) is 0 Å². The molecule has 0 aliphatic rings. The summed E-state index contributed by atoms with van der Waals surface area (Å²) in [6.45, 7) is 2.33. The fourth-order valence-electron chi connectivity index (χ4n) is 1.53. The lowest BCUT2D eigenvalue weighted by molar-refractivity contribution is 0.470. The minimum absolute atomic E-state index is 0.215. The highest BCUT2D eigenvalue weighted by Crippen LogP contribution is 2.21. The number of hydrogen-bond donors (Lipinski definition) is 2. The largest absolute Gasteiger partial charge is 0.506 e. The fourth-order valence-corrected chi connectivity index (χ4v) is 1.53. The molecule has 0 unspecified atom stereocenters. The molecular weight excluding hydrogens is 190 g/mol. The van der Waals surface area contributed by atoms with Crippen LogP contribution in [0.3, 0.4) is 0 Å². The van der Waals surface area contributed by atoms with E-state index in [1.54, 1.807) is 16.8 Å². The highest BCUT2D eigenvalue weighted by Gasteiger charge is 2.07. The summed E-state index contributed by atoms with van der Waals surface area (Å²) in [6, 6.07) is 9.00. The molecule has 15 heavy (non-hydrogen) atoms. The molecule has 0 fully saturated rings. The highest BCUT2D eigenvalue weighted by molar-refractivity contribution is 5.45. The van der Waals surface area contributed by atoms with Crippen LogP contribution < -0.4 is 5.73 Å². The first-order valence-corrected chi connectivity index (χ1v) is 4.76. The molecule has 0 saturated heterocycles. The summed E-state index contributed by atoms with van der Waals surface area (Å²) in [4.78, 5) is 0. The Bertz CT molecular complexity index is 476. The van der Waals surface area contributed by atoms with E-state index < -0.39 is 0 Å². The van der Waals surface area contributed by atoms with Crippen molar-refractivity contribution in [3.05, 3.63) is 41.7 Å². The van der Waals surface area contributed by atoms with Gasteiger partial charge in [0.1, 0.15) is 11.4 Å². The van der Waals surface area contributed by atoms with E-state index in [-0.39, 0.29) is 5.75 Å². The van der Waals surface area contributed by atoms with Crippen LogP contribution in [0.15, 0.2) is 30.3 Å². The van der Waals surface area contributed by atoms with Crippen LogP contribution in [-0.2, 0) is 6.54 Å². The van der Waals surface area contributed by atoms with Gasteiger partial charge in [0.15, 0.2) is 0 Å². The lowest BCUT2D eigenvalue weighted by atomic mass is 10.3. The zero-order chi connectivity index (χ0) is 10.8. The maximum Gasteiger partial charge on any atom is 0.141 e. The van der Waals surface area contributed by atoms with Gasteiger partial charge in [0.05, 0.1) is 5.69 Å². The third kappa shape index (κ3) is 1.71. The molecule has 0 spiro atoms. The van der Waals surface area contributed by atoms with Gasteiger partial charge in [-0.05, 0) is 25.1 Å². The number of aromatic hydroxyl groups is 1. The summed E-state index contributed by atoms with van der Waals surface area (Å²) >= 11 is 0. The molecule has 0 radical (unpaired) electrons. The molecule has 1 aromatic carbocycles. The molecule has 0 aliphatic carbocycles. The zero-order valence-corrected chi connectivity index (χ0v) is 8.51. The summed E-state index contributed by atoms with van der Waals surface area (Å²) in [6.07, 6.45) is 0. The van der Waals surface area contributed by atoms with Crippen molar-refractivity contribution in [3.63, 3.8) is 0 Å². The number of nitrogens with two attached hydrogens (primary N) is 1. The van der Waals surface area contributed by atoms with Crippen molar-refractivity contribution in [2.75, 3.05) is 0 Å². The van der Waals surface area contributed by atoms with E-state index in [9.17, 15) is 5.11 Å². The average molecular weight is 203 g/mol. The van der Waals surface area contributed by atoms with E-state index in [1.807, 2.05) is 25.1 Å². The summed E-state index contributed by atoms with van der Waals surface area (Å²) < 4.78 is 1.69. The molecule has 0 saturated carbocycles. The predicted molar refractivity (Wildman–Crippen MR) is 57.9 cm³/mol. The van der Waals surface area contributed by atoms with Gasteiger partial charge in [0.2, 0.25) is 0 Å². The van der Waals surface area contributed by atoms with Crippen molar-refractivity contribution < 1.29 is 5.11 Å². The van der Waals surface area contributed by atoms with Crippen molar-refractivity contribution >= 4 is 0 Å². The van der Waals surface area contributed by atoms with E-state index in [2.05, 4.69) is 5.10 Å². The molecule has 3 N–H and O–H groups in total. The number of phenols is 1. The average Bonchev–Trinajstić information content (AvgIpc) is 2.60. The van der Waals surface area contributed by atoms with Gasteiger partial charge in [0, 0.05) is 12.2 Å². The van der Waals surface area contributed by atoms with Crippen LogP contribution in [0.2, 0.25) is 0 Å². The topological polar surface area (TPSA) is 64.1 Å². The summed E-state index contributed by atoms with van der Waals surface area (Å²) in [5.41, 5.74) is 7.96. The van der Waals surface area contributed by atoms with Gasteiger partial charge in [-0.25, -0.2) is 4.68 Å². The van der Waals surface area contributed by atoms with E-state index in [0.29, 0.717) is 12.2 Å². The van der Waals surface area contributed by atoms with Crippen LogP contribution in [-0.4, -0.2) is 14.9 Å². The standard InChI is InChI=1S/C11H13N3O/c1-8-6-9(7-12)13-14(8)10-4-2-3-5-11(10)15/h2-6,15H,7,12H2,1H3. The Labute approximate surface area is 88.0 Å². The minimum atomic E-state index is 0.215. The number of hydrogen-bond acceptors (Lipinski definition) is 3. The Morgan fingerprint density at radius 2 is 2.13 bits per heavy atom. The highest BCUT2D eigenvalue weighted by atomic mass is 16.3. The molecule has 0 atom stereocenters. The molecule has 0 bridgehead atoms. The first kappa shape index (κ1) is 9.73. The summed E-state index contributed by atoms with van der Waals surface area (Å²) in [5, 5.41) is 14.0. The maximum atomic E-state index is 9.68. The van der Waals surface area contributed by atoms with Crippen LogP contribution in [0.4, 0.5) is 0 Å². The molecule has 4 nitrogen and oxygen atoms in total. The summed E-state index contributed by atoms with van der Waals surface area (Å²) in [5.74, 6) is 0.215. The molecule has 1 heterocycles. The molecule has 0 aliphatic heterocycles. The smallest absolute Gasteiger partial charge is 0.141 e. The van der Waals surface area contributed by atoms with Gasteiger partial charge in [-0.15, -0.1) is 0 Å². The zero-order valence-electron chi connectivity index (χ0n) is 8.51. The van der Waals surface area contributed by atoms with Crippen LogP contribution in [0.25, 0.3) is 5.69 Å². The minimum Gasteiger partial charge on any atom is -0.506 e. The molecule has 2 rings (SSSR count). The van der Waals surface area contributed by atoms with E-state index in [0.717, 1.165) is 11.4 Å². The number of aryl methyl sites for hydroxylation is 1. The predicted octanol–water partition coefficient (Wildman–Crippen LogP) is 1.35. The Morgan fingerprint density at radius 3 is 2.73 bits per heavy atom. The van der Waals surface area contributed by atoms with Crippen LogP contribution in [0, 0.1) is 6.92 Å². The van der Waals surface area contributed by atoms with Crippen LogP contribution in [0.5, 0.6) is 5.75 Å². The van der Waals surface area contributed by atoms with Crippen molar-refractivity contribution in [2.24, 2.45) is 5.73 Å². The first-order chi connectivity index (χ1) is 7.22. The first-order valence-electron chi connectivity index (χ1n) is 4.76. The SMILES string of the molecule is Cc1cc(CN)nn1-c1ccccc1O. The second kappa shape index (κ2) is 3.74. The van der Waals surface area contributed by atoms with Gasteiger partial charge in [0.25, 0.3) is 0 Å². The van der Waals surface area contributed by atoms with Crippen molar-refractivity contribution in [3.8, 4) is 11.4 Å². The third-order valence-corrected chi connectivity index (χ3v) is 2.26. The molecule has 2 aromatic rings. The van der Waals surface area contributed by atoms with E-state index in [1.165, 1.54) is 0 Å². The van der Waals surface area contributed by atoms with Gasteiger partial charge >= 0.3 is 0 Å². The van der Waals surface area contributed by atoms with Gasteiger partial charge in [-0.3, -0.25) is 0 Å². The summed E-state index contributed by atoms with van der Waals surface area (Å²) in [7, 11) is 0. The second-order valence-corrected chi connectivity index (χ2v) is 3.38.